The Kier molecular flexibility index (Phi) is 6.19. The number of hydrogen-bond acceptors (Lipinski definition) is 7. The van der Waals surface area contributed by atoms with Gasteiger partial charge in [0.2, 0.25) is 0 Å². The molecule has 0 bridgehead atoms. The molecule has 2 rings (SSSR count). The van der Waals surface area contributed by atoms with Gasteiger partial charge in [0, 0.05) is 12.7 Å². The molecule has 1 aromatic rings. The molecule has 0 amide bonds. The van der Waals surface area contributed by atoms with Gasteiger partial charge in [-0.2, -0.15) is 0 Å². The first-order valence-electron chi connectivity index (χ1n) is 7.92. The summed E-state index contributed by atoms with van der Waals surface area (Å²) in [7, 11) is 0.829. The Morgan fingerprint density at radius 2 is 1.88 bits per heavy atom. The molecule has 0 aliphatic carbocycles. The van der Waals surface area contributed by atoms with Gasteiger partial charge in [-0.15, -0.1) is 11.3 Å². The smallest absolute Gasteiger partial charge is 0.465 e. The minimum atomic E-state index is -0.529. The summed E-state index contributed by atoms with van der Waals surface area (Å²) < 4.78 is 16.9. The standard InChI is InChI=1S/C17H23BO5S2/c1-11(19)24-10-13(18-22-16(2,3)17(4,5)23-18)7-12-8-14(25-9-12)15(20)21-6/h7-9H,10H2,1-6H3. The molecular formula is C17H23BO5S2. The van der Waals surface area contributed by atoms with Gasteiger partial charge in [0.05, 0.1) is 18.3 Å². The van der Waals surface area contributed by atoms with Crippen molar-refractivity contribution in [2.45, 2.75) is 45.8 Å². The summed E-state index contributed by atoms with van der Waals surface area (Å²) in [4.78, 5) is 23.5. The molecule has 1 fully saturated rings. The normalized spacial score (nSPS) is 19.1. The van der Waals surface area contributed by atoms with Crippen molar-refractivity contribution in [3.63, 3.8) is 0 Å². The Morgan fingerprint density at radius 3 is 2.40 bits per heavy atom. The molecule has 8 heteroatoms. The van der Waals surface area contributed by atoms with E-state index in [4.69, 9.17) is 14.0 Å². The predicted molar refractivity (Wildman–Crippen MR) is 103 cm³/mol. The third kappa shape index (κ3) is 4.75. The predicted octanol–water partition coefficient (Wildman–Crippen LogP) is 3.83. The molecule has 0 aromatic carbocycles. The van der Waals surface area contributed by atoms with Gasteiger partial charge >= 0.3 is 13.1 Å². The van der Waals surface area contributed by atoms with Crippen LogP contribution in [0, 0.1) is 0 Å². The van der Waals surface area contributed by atoms with Gasteiger partial charge < -0.3 is 14.0 Å². The molecule has 25 heavy (non-hydrogen) atoms. The van der Waals surface area contributed by atoms with Crippen molar-refractivity contribution in [1.82, 2.24) is 0 Å². The Bertz CT molecular complexity index is 677. The van der Waals surface area contributed by atoms with Crippen molar-refractivity contribution in [1.29, 1.82) is 0 Å². The summed E-state index contributed by atoms with van der Waals surface area (Å²) >= 11 is 2.52. The van der Waals surface area contributed by atoms with Crippen molar-refractivity contribution in [3.05, 3.63) is 27.4 Å². The SMILES string of the molecule is COC(=O)c1cc(C=C(CSC(C)=O)B2OC(C)(C)C(C)(C)O2)cs1. The number of thiophene rings is 1. The minimum absolute atomic E-state index is 0.0305. The lowest BCUT2D eigenvalue weighted by Gasteiger charge is -2.32. The number of esters is 1. The second-order valence-electron chi connectivity index (χ2n) is 6.82. The van der Waals surface area contributed by atoms with Crippen LogP contribution in [0.15, 0.2) is 16.9 Å². The number of carbonyl (C=O) groups excluding carboxylic acids is 2. The molecule has 5 nitrogen and oxygen atoms in total. The number of carbonyl (C=O) groups is 2. The second kappa shape index (κ2) is 7.66. The van der Waals surface area contributed by atoms with E-state index in [1.807, 2.05) is 39.2 Å². The molecule has 0 N–H and O–H groups in total. The van der Waals surface area contributed by atoms with E-state index in [0.29, 0.717) is 10.6 Å². The zero-order chi connectivity index (χ0) is 18.8. The highest BCUT2D eigenvalue weighted by Crippen LogP contribution is 2.39. The molecule has 1 aliphatic rings. The first-order valence-corrected chi connectivity index (χ1v) is 9.78. The van der Waals surface area contributed by atoms with Crippen LogP contribution in [-0.2, 0) is 18.8 Å². The Balaban J connectivity index is 2.28. The number of rotatable bonds is 5. The van der Waals surface area contributed by atoms with Crippen LogP contribution in [-0.4, -0.2) is 42.3 Å². The second-order valence-corrected chi connectivity index (χ2v) is 8.89. The maximum atomic E-state index is 11.6. The lowest BCUT2D eigenvalue weighted by atomic mass is 9.78. The highest BCUT2D eigenvalue weighted by atomic mass is 32.2. The van der Waals surface area contributed by atoms with Crippen LogP contribution in [0.25, 0.3) is 6.08 Å². The van der Waals surface area contributed by atoms with Crippen LogP contribution >= 0.6 is 23.1 Å². The van der Waals surface area contributed by atoms with Gasteiger partial charge in [-0.3, -0.25) is 4.79 Å². The van der Waals surface area contributed by atoms with Crippen molar-refractivity contribution in [3.8, 4) is 0 Å². The van der Waals surface area contributed by atoms with Crippen molar-refractivity contribution in [2.75, 3.05) is 12.9 Å². The van der Waals surface area contributed by atoms with E-state index in [9.17, 15) is 9.59 Å². The largest absolute Gasteiger partial charge is 0.491 e. The number of hydrogen-bond donors (Lipinski definition) is 0. The van der Waals surface area contributed by atoms with E-state index in [-0.39, 0.29) is 11.1 Å². The lowest BCUT2D eigenvalue weighted by molar-refractivity contribution is -0.109. The van der Waals surface area contributed by atoms with E-state index in [0.717, 1.165) is 11.0 Å². The van der Waals surface area contributed by atoms with Crippen molar-refractivity contribution < 1.29 is 23.6 Å². The van der Waals surface area contributed by atoms with E-state index in [1.54, 1.807) is 6.07 Å². The highest BCUT2D eigenvalue weighted by molar-refractivity contribution is 8.13. The Hall–Kier alpha value is -1.09. The lowest BCUT2D eigenvalue weighted by Crippen LogP contribution is -2.41. The molecule has 1 aliphatic heterocycles. The summed E-state index contributed by atoms with van der Waals surface area (Å²) in [6, 6.07) is 1.76. The monoisotopic (exact) mass is 382 g/mol. The summed E-state index contributed by atoms with van der Waals surface area (Å²) in [6.07, 6.45) is 1.92. The van der Waals surface area contributed by atoms with Gasteiger partial charge in [0.1, 0.15) is 4.88 Å². The average molecular weight is 382 g/mol. The average Bonchev–Trinajstić information content (AvgIpc) is 3.05. The summed E-state index contributed by atoms with van der Waals surface area (Å²) in [5.74, 6) is 0.107. The van der Waals surface area contributed by atoms with Gasteiger partial charge in [-0.25, -0.2) is 4.79 Å². The molecular weight excluding hydrogens is 359 g/mol. The molecule has 136 valence electrons. The van der Waals surface area contributed by atoms with E-state index in [1.165, 1.54) is 37.1 Å². The van der Waals surface area contributed by atoms with Crippen LogP contribution in [0.2, 0.25) is 0 Å². The van der Waals surface area contributed by atoms with E-state index < -0.39 is 18.3 Å². The Labute approximate surface area is 157 Å². The van der Waals surface area contributed by atoms with Crippen LogP contribution in [0.5, 0.6) is 0 Å². The zero-order valence-corrected chi connectivity index (χ0v) is 17.0. The van der Waals surface area contributed by atoms with Gasteiger partial charge in [-0.1, -0.05) is 17.8 Å². The molecule has 0 unspecified atom stereocenters. The van der Waals surface area contributed by atoms with E-state index >= 15 is 0 Å². The molecule has 0 atom stereocenters. The molecule has 0 spiro atoms. The summed E-state index contributed by atoms with van der Waals surface area (Å²) in [6.45, 7) is 9.49. The quantitative estimate of drug-likeness (QED) is 0.570. The zero-order valence-electron chi connectivity index (χ0n) is 15.4. The topological polar surface area (TPSA) is 61.8 Å². The van der Waals surface area contributed by atoms with Gasteiger partial charge in [-0.05, 0) is 50.2 Å². The fraction of sp³-hybridized carbons (Fsp3) is 0.529. The molecule has 1 aromatic heterocycles. The molecule has 1 saturated heterocycles. The highest BCUT2D eigenvalue weighted by Gasteiger charge is 2.52. The third-order valence-corrected chi connectivity index (χ3v) is 6.17. The number of ether oxygens (including phenoxy) is 1. The van der Waals surface area contributed by atoms with Crippen LogP contribution in [0.3, 0.4) is 0 Å². The maximum Gasteiger partial charge on any atom is 0.491 e. The maximum absolute atomic E-state index is 11.6. The molecule has 0 radical (unpaired) electrons. The van der Waals surface area contributed by atoms with Gasteiger partial charge in [0.15, 0.2) is 5.12 Å². The molecule has 0 saturated carbocycles. The minimum Gasteiger partial charge on any atom is -0.465 e. The summed E-state index contributed by atoms with van der Waals surface area (Å²) in [5.41, 5.74) is 0.805. The Morgan fingerprint density at radius 1 is 1.28 bits per heavy atom. The first kappa shape index (κ1) is 20.2. The van der Waals surface area contributed by atoms with Crippen LogP contribution < -0.4 is 0 Å². The molecule has 2 heterocycles. The fourth-order valence-corrected chi connectivity index (χ4v) is 3.58. The number of methoxy groups -OCH3 is 1. The van der Waals surface area contributed by atoms with Crippen molar-refractivity contribution in [2.24, 2.45) is 0 Å². The van der Waals surface area contributed by atoms with Crippen LogP contribution in [0.4, 0.5) is 0 Å². The first-order chi connectivity index (χ1) is 11.6. The van der Waals surface area contributed by atoms with Gasteiger partial charge in [0.25, 0.3) is 0 Å². The van der Waals surface area contributed by atoms with Crippen LogP contribution in [0.1, 0.15) is 49.9 Å². The number of thioether (sulfide) groups is 1. The summed E-state index contributed by atoms with van der Waals surface area (Å²) in [5, 5.41) is 1.90. The van der Waals surface area contributed by atoms with E-state index in [2.05, 4.69) is 0 Å². The fourth-order valence-electron chi connectivity index (χ4n) is 2.21. The van der Waals surface area contributed by atoms with Crippen molar-refractivity contribution >= 4 is 47.4 Å². The third-order valence-electron chi connectivity index (χ3n) is 4.36.